The van der Waals surface area contributed by atoms with Gasteiger partial charge in [0.25, 0.3) is 0 Å². The predicted octanol–water partition coefficient (Wildman–Crippen LogP) is 7.02. The first kappa shape index (κ1) is 26.4. The largest absolute Gasteiger partial charge is 0.453 e. The van der Waals surface area contributed by atoms with Crippen LogP contribution in [0.3, 0.4) is 0 Å². The summed E-state index contributed by atoms with van der Waals surface area (Å²) < 4.78 is 32.0. The summed E-state index contributed by atoms with van der Waals surface area (Å²) in [5, 5.41) is 17.6. The molecule has 0 saturated heterocycles. The summed E-state index contributed by atoms with van der Waals surface area (Å²) in [4.78, 5) is 4.50. The number of benzene rings is 2. The van der Waals surface area contributed by atoms with Gasteiger partial charge in [-0.3, -0.25) is 4.99 Å². The highest BCUT2D eigenvalue weighted by atomic mass is 35.5. The van der Waals surface area contributed by atoms with E-state index in [0.29, 0.717) is 30.4 Å². The van der Waals surface area contributed by atoms with Crippen molar-refractivity contribution in [3.05, 3.63) is 74.8 Å². The second-order valence-electron chi connectivity index (χ2n) is 7.61. The van der Waals surface area contributed by atoms with Crippen molar-refractivity contribution in [1.82, 2.24) is 10.2 Å². The average molecular weight is 517 g/mol. The standard InChI is InChI=1S/C25H23Cl2FN4O3/c1-5-33-13-14(2)30-16(4)15(3)25-32-31-22(35-25)10-18-6-7-21(27)24(23(18)28)34-20-9-17(12-29)8-19(26)11-20/h6-9,11H,5,10,13H2,1-4H3/b16-15+,30-14?. The van der Waals surface area contributed by atoms with Gasteiger partial charge in [0, 0.05) is 34.2 Å². The third-order valence-corrected chi connectivity index (χ3v) is 5.41. The molecule has 0 saturated carbocycles. The molecule has 0 radical (unpaired) electrons. The number of aromatic nitrogens is 2. The number of allylic oxidation sites excluding steroid dienone is 2. The van der Waals surface area contributed by atoms with Crippen LogP contribution in [0.1, 0.15) is 50.6 Å². The molecule has 0 spiro atoms. The minimum atomic E-state index is -0.685. The van der Waals surface area contributed by atoms with Crippen molar-refractivity contribution < 1.29 is 18.3 Å². The molecule has 0 bridgehead atoms. The van der Waals surface area contributed by atoms with Crippen molar-refractivity contribution in [2.24, 2.45) is 4.99 Å². The molecule has 2 aromatic carbocycles. The van der Waals surface area contributed by atoms with Gasteiger partial charge in [0.05, 0.1) is 29.7 Å². The molecule has 0 aliphatic carbocycles. The summed E-state index contributed by atoms with van der Waals surface area (Å²) in [6.45, 7) is 8.49. The molecule has 3 aromatic rings. The Balaban J connectivity index is 1.83. The van der Waals surface area contributed by atoms with E-state index in [-0.39, 0.29) is 45.0 Å². The highest BCUT2D eigenvalue weighted by Gasteiger charge is 2.19. The number of aliphatic imine (C=N–C) groups is 1. The Morgan fingerprint density at radius 1 is 1.17 bits per heavy atom. The molecule has 0 aliphatic heterocycles. The van der Waals surface area contributed by atoms with Crippen LogP contribution < -0.4 is 4.74 Å². The molecular formula is C25H23Cl2FN4O3. The van der Waals surface area contributed by atoms with Gasteiger partial charge >= 0.3 is 0 Å². The van der Waals surface area contributed by atoms with Gasteiger partial charge in [-0.1, -0.05) is 29.3 Å². The van der Waals surface area contributed by atoms with Crippen LogP contribution in [0.15, 0.2) is 45.4 Å². The van der Waals surface area contributed by atoms with Crippen LogP contribution in [0.5, 0.6) is 11.5 Å². The highest BCUT2D eigenvalue weighted by Crippen LogP contribution is 2.36. The van der Waals surface area contributed by atoms with Crippen molar-refractivity contribution in [1.29, 1.82) is 5.26 Å². The van der Waals surface area contributed by atoms with Crippen LogP contribution in [-0.2, 0) is 11.2 Å². The van der Waals surface area contributed by atoms with E-state index in [1.807, 2.05) is 33.8 Å². The first-order valence-electron chi connectivity index (χ1n) is 10.7. The van der Waals surface area contributed by atoms with E-state index in [4.69, 9.17) is 42.4 Å². The first-order valence-corrected chi connectivity index (χ1v) is 11.4. The van der Waals surface area contributed by atoms with E-state index in [0.717, 1.165) is 5.71 Å². The summed E-state index contributed by atoms with van der Waals surface area (Å²) in [5.41, 5.74) is 2.75. The summed E-state index contributed by atoms with van der Waals surface area (Å²) in [7, 11) is 0. The second kappa shape index (κ2) is 11.9. The molecule has 10 heteroatoms. The minimum absolute atomic E-state index is 0.0182. The fourth-order valence-electron chi connectivity index (χ4n) is 3.05. The normalized spacial score (nSPS) is 12.3. The van der Waals surface area contributed by atoms with E-state index in [1.165, 1.54) is 30.3 Å². The zero-order valence-electron chi connectivity index (χ0n) is 19.7. The molecule has 0 N–H and O–H groups in total. The Morgan fingerprint density at radius 3 is 2.66 bits per heavy atom. The molecule has 0 amide bonds. The molecule has 0 unspecified atom stereocenters. The van der Waals surface area contributed by atoms with Gasteiger partial charge in [-0.25, -0.2) is 4.39 Å². The predicted molar refractivity (Wildman–Crippen MR) is 133 cm³/mol. The Kier molecular flexibility index (Phi) is 8.99. The number of hydrogen-bond acceptors (Lipinski definition) is 7. The van der Waals surface area contributed by atoms with Crippen molar-refractivity contribution >= 4 is 34.5 Å². The van der Waals surface area contributed by atoms with Gasteiger partial charge in [0.1, 0.15) is 5.75 Å². The van der Waals surface area contributed by atoms with Crippen LogP contribution in [0, 0.1) is 17.1 Å². The average Bonchev–Trinajstić information content (AvgIpc) is 3.29. The molecule has 35 heavy (non-hydrogen) atoms. The fourth-order valence-corrected chi connectivity index (χ4v) is 3.46. The summed E-state index contributed by atoms with van der Waals surface area (Å²) in [6.07, 6.45) is 0.0182. The smallest absolute Gasteiger partial charge is 0.245 e. The molecule has 0 fully saturated rings. The van der Waals surface area contributed by atoms with Gasteiger partial charge < -0.3 is 13.9 Å². The summed E-state index contributed by atoms with van der Waals surface area (Å²) in [6, 6.07) is 9.37. The Labute approximate surface area is 212 Å². The van der Waals surface area contributed by atoms with E-state index in [1.54, 1.807) is 0 Å². The number of rotatable bonds is 9. The lowest BCUT2D eigenvalue weighted by atomic mass is 10.1. The molecule has 1 heterocycles. The fraction of sp³-hybridized carbons (Fsp3) is 0.280. The molecule has 1 aromatic heterocycles. The molecule has 0 atom stereocenters. The number of nitriles is 1. The number of ether oxygens (including phenoxy) is 2. The molecule has 7 nitrogen and oxygen atoms in total. The van der Waals surface area contributed by atoms with Crippen molar-refractivity contribution in [3.63, 3.8) is 0 Å². The maximum absolute atomic E-state index is 15.3. The SMILES string of the molecule is CCOCC(C)=N/C(C)=C(\C)c1nnc(Cc2ccc(Cl)c(Oc3cc(Cl)cc(C#N)c3)c2F)o1. The van der Waals surface area contributed by atoms with Crippen LogP contribution in [-0.4, -0.2) is 29.1 Å². The lowest BCUT2D eigenvalue weighted by Gasteiger charge is -2.12. The third kappa shape index (κ3) is 6.89. The minimum Gasteiger partial charge on any atom is -0.453 e. The summed E-state index contributed by atoms with van der Waals surface area (Å²) in [5.74, 6) is -0.192. The molecule has 182 valence electrons. The monoisotopic (exact) mass is 516 g/mol. The molecule has 0 aliphatic rings. The quantitative estimate of drug-likeness (QED) is 0.283. The molecule has 3 rings (SSSR count). The van der Waals surface area contributed by atoms with Crippen molar-refractivity contribution in [3.8, 4) is 17.6 Å². The van der Waals surface area contributed by atoms with Crippen molar-refractivity contribution in [2.45, 2.75) is 34.1 Å². The van der Waals surface area contributed by atoms with Crippen molar-refractivity contribution in [2.75, 3.05) is 13.2 Å². The van der Waals surface area contributed by atoms with E-state index in [9.17, 15) is 0 Å². The Morgan fingerprint density at radius 2 is 1.94 bits per heavy atom. The number of halogens is 3. The lowest BCUT2D eigenvalue weighted by Crippen LogP contribution is -2.04. The van der Waals surface area contributed by atoms with Crippen LogP contribution in [0.2, 0.25) is 10.0 Å². The molecular weight excluding hydrogens is 494 g/mol. The Hall–Kier alpha value is -3.25. The third-order valence-electron chi connectivity index (χ3n) is 4.90. The maximum atomic E-state index is 15.3. The maximum Gasteiger partial charge on any atom is 0.245 e. The van der Waals surface area contributed by atoms with E-state index >= 15 is 4.39 Å². The van der Waals surface area contributed by atoms with Crippen LogP contribution in [0.25, 0.3) is 5.57 Å². The van der Waals surface area contributed by atoms with Gasteiger partial charge in [-0.05, 0) is 52.0 Å². The van der Waals surface area contributed by atoms with Gasteiger partial charge in [0.15, 0.2) is 11.6 Å². The zero-order valence-corrected chi connectivity index (χ0v) is 21.2. The van der Waals surface area contributed by atoms with Gasteiger partial charge in [-0.2, -0.15) is 5.26 Å². The van der Waals surface area contributed by atoms with Gasteiger partial charge in [0.2, 0.25) is 11.8 Å². The highest BCUT2D eigenvalue weighted by molar-refractivity contribution is 6.32. The van der Waals surface area contributed by atoms with E-state index < -0.39 is 5.82 Å². The Bertz CT molecular complexity index is 1330. The topological polar surface area (TPSA) is 93.5 Å². The van der Waals surface area contributed by atoms with Crippen LogP contribution >= 0.6 is 23.2 Å². The zero-order chi connectivity index (χ0) is 25.5. The van der Waals surface area contributed by atoms with Gasteiger partial charge in [-0.15, -0.1) is 10.2 Å². The lowest BCUT2D eigenvalue weighted by molar-refractivity contribution is 0.187. The number of nitrogens with zero attached hydrogens (tertiary/aromatic N) is 4. The van der Waals surface area contributed by atoms with E-state index in [2.05, 4.69) is 15.2 Å². The first-order chi connectivity index (χ1) is 16.7. The second-order valence-corrected chi connectivity index (χ2v) is 8.46. The summed E-state index contributed by atoms with van der Waals surface area (Å²) >= 11 is 12.2. The number of hydrogen-bond donors (Lipinski definition) is 0. The van der Waals surface area contributed by atoms with Crippen LogP contribution in [0.4, 0.5) is 4.39 Å².